The monoisotopic (exact) mass is 251 g/mol. The Morgan fingerprint density at radius 2 is 1.88 bits per heavy atom. The molecule has 0 atom stereocenters. The molecule has 0 saturated carbocycles. The highest BCUT2D eigenvalue weighted by molar-refractivity contribution is 5.10. The first kappa shape index (κ1) is 13.7. The number of halogens is 3. The van der Waals surface area contributed by atoms with Crippen molar-refractivity contribution in [2.45, 2.75) is 19.0 Å². The van der Waals surface area contributed by atoms with Gasteiger partial charge in [-0.2, -0.15) is 13.2 Å². The fourth-order valence-electron chi connectivity index (χ4n) is 1.35. The van der Waals surface area contributed by atoms with E-state index in [4.69, 9.17) is 9.47 Å². The van der Waals surface area contributed by atoms with E-state index in [0.29, 0.717) is 4.57 Å². The van der Waals surface area contributed by atoms with Gasteiger partial charge in [-0.3, -0.25) is 9.36 Å². The molecule has 0 aromatic carbocycles. The zero-order valence-electron chi connectivity index (χ0n) is 9.32. The highest BCUT2D eigenvalue weighted by Crippen LogP contribution is 2.28. The van der Waals surface area contributed by atoms with Crippen LogP contribution in [0.5, 0.6) is 0 Å². The van der Waals surface area contributed by atoms with Crippen LogP contribution in [0.1, 0.15) is 5.69 Å². The van der Waals surface area contributed by atoms with Crippen LogP contribution in [0.4, 0.5) is 13.2 Å². The third-order valence-electron chi connectivity index (χ3n) is 2.20. The van der Waals surface area contributed by atoms with Crippen LogP contribution in [0.15, 0.2) is 23.0 Å². The lowest BCUT2D eigenvalue weighted by Gasteiger charge is -2.19. The number of methoxy groups -OCH3 is 2. The van der Waals surface area contributed by atoms with Crippen molar-refractivity contribution in [3.8, 4) is 0 Å². The number of pyridine rings is 1. The number of aromatic nitrogens is 1. The van der Waals surface area contributed by atoms with E-state index in [0.717, 1.165) is 18.2 Å². The van der Waals surface area contributed by atoms with E-state index in [2.05, 4.69) is 0 Å². The summed E-state index contributed by atoms with van der Waals surface area (Å²) in [6, 6.07) is 2.96. The van der Waals surface area contributed by atoms with E-state index in [9.17, 15) is 18.0 Å². The van der Waals surface area contributed by atoms with Gasteiger partial charge in [0.2, 0.25) is 0 Å². The third kappa shape index (κ3) is 3.31. The second kappa shape index (κ2) is 5.33. The standard InChI is InChI=1S/C10H12F3NO3/c1-16-9(17-2)6-14-7(10(11,12)13)4-3-5-8(14)15/h3-5,9H,6H2,1-2H3. The SMILES string of the molecule is COC(Cn1c(C(F)(F)F)cccc1=O)OC. The lowest BCUT2D eigenvalue weighted by molar-refractivity contribution is -0.150. The van der Waals surface area contributed by atoms with E-state index < -0.39 is 23.7 Å². The van der Waals surface area contributed by atoms with Gasteiger partial charge in [-0.1, -0.05) is 6.07 Å². The highest BCUT2D eigenvalue weighted by atomic mass is 19.4. The van der Waals surface area contributed by atoms with Crippen molar-refractivity contribution in [3.05, 3.63) is 34.2 Å². The molecule has 0 bridgehead atoms. The molecule has 0 aliphatic heterocycles. The molecule has 0 aliphatic carbocycles. The zero-order valence-corrected chi connectivity index (χ0v) is 9.32. The lowest BCUT2D eigenvalue weighted by Crippen LogP contribution is -2.33. The first-order chi connectivity index (χ1) is 7.90. The summed E-state index contributed by atoms with van der Waals surface area (Å²) < 4.78 is 48.1. The van der Waals surface area contributed by atoms with Gasteiger partial charge < -0.3 is 9.47 Å². The van der Waals surface area contributed by atoms with Gasteiger partial charge in [0.15, 0.2) is 6.29 Å². The van der Waals surface area contributed by atoms with Crippen LogP contribution in [0, 0.1) is 0 Å². The maximum atomic E-state index is 12.6. The molecule has 0 spiro atoms. The van der Waals surface area contributed by atoms with Crippen LogP contribution in [0.25, 0.3) is 0 Å². The first-order valence-electron chi connectivity index (χ1n) is 4.72. The van der Waals surface area contributed by atoms with Gasteiger partial charge in [-0.15, -0.1) is 0 Å². The van der Waals surface area contributed by atoms with Crippen molar-refractivity contribution in [2.75, 3.05) is 14.2 Å². The van der Waals surface area contributed by atoms with Gasteiger partial charge in [0.1, 0.15) is 5.69 Å². The Balaban J connectivity index is 3.17. The molecule has 0 radical (unpaired) electrons. The van der Waals surface area contributed by atoms with Crippen LogP contribution in [-0.2, 0) is 22.2 Å². The summed E-state index contributed by atoms with van der Waals surface area (Å²) in [4.78, 5) is 11.4. The van der Waals surface area contributed by atoms with Gasteiger partial charge in [0.25, 0.3) is 5.56 Å². The molecule has 0 N–H and O–H groups in total. The number of nitrogens with zero attached hydrogens (tertiary/aromatic N) is 1. The number of hydrogen-bond acceptors (Lipinski definition) is 3. The van der Waals surface area contributed by atoms with Gasteiger partial charge in [0, 0.05) is 20.3 Å². The van der Waals surface area contributed by atoms with E-state index >= 15 is 0 Å². The summed E-state index contributed by atoms with van der Waals surface area (Å²) in [5, 5.41) is 0. The van der Waals surface area contributed by atoms with Crippen molar-refractivity contribution in [3.63, 3.8) is 0 Å². The summed E-state index contributed by atoms with van der Waals surface area (Å²) >= 11 is 0. The molecule has 1 rings (SSSR count). The van der Waals surface area contributed by atoms with E-state index in [-0.39, 0.29) is 6.54 Å². The highest BCUT2D eigenvalue weighted by Gasteiger charge is 2.34. The van der Waals surface area contributed by atoms with Crippen molar-refractivity contribution >= 4 is 0 Å². The quantitative estimate of drug-likeness (QED) is 0.761. The van der Waals surface area contributed by atoms with Crippen LogP contribution in [-0.4, -0.2) is 25.1 Å². The molecular weight excluding hydrogens is 239 g/mol. The van der Waals surface area contributed by atoms with E-state index in [1.807, 2.05) is 0 Å². The van der Waals surface area contributed by atoms with Gasteiger partial charge in [-0.05, 0) is 6.07 Å². The smallest absolute Gasteiger partial charge is 0.354 e. The molecule has 1 heterocycles. The van der Waals surface area contributed by atoms with Crippen LogP contribution in [0.2, 0.25) is 0 Å². The van der Waals surface area contributed by atoms with Crippen LogP contribution in [0.3, 0.4) is 0 Å². The van der Waals surface area contributed by atoms with E-state index in [1.54, 1.807) is 0 Å². The van der Waals surface area contributed by atoms with Gasteiger partial charge in [0.05, 0.1) is 6.54 Å². The number of rotatable bonds is 4. The molecule has 96 valence electrons. The zero-order chi connectivity index (χ0) is 13.1. The van der Waals surface area contributed by atoms with Crippen LogP contribution >= 0.6 is 0 Å². The first-order valence-corrected chi connectivity index (χ1v) is 4.72. The Morgan fingerprint density at radius 1 is 1.29 bits per heavy atom. The largest absolute Gasteiger partial charge is 0.431 e. The molecule has 1 aromatic rings. The minimum Gasteiger partial charge on any atom is -0.354 e. The predicted octanol–water partition coefficient (Wildman–Crippen LogP) is 1.49. The number of ether oxygens (including phenoxy) is 2. The molecule has 17 heavy (non-hydrogen) atoms. The summed E-state index contributed by atoms with van der Waals surface area (Å²) in [5.41, 5.74) is -1.77. The maximum absolute atomic E-state index is 12.6. The Bertz CT molecular complexity index is 424. The maximum Gasteiger partial charge on any atom is 0.431 e. The van der Waals surface area contributed by atoms with Gasteiger partial charge >= 0.3 is 6.18 Å². The average molecular weight is 251 g/mol. The fraction of sp³-hybridized carbons (Fsp3) is 0.500. The summed E-state index contributed by atoms with van der Waals surface area (Å²) in [6.45, 7) is -0.318. The van der Waals surface area contributed by atoms with Gasteiger partial charge in [-0.25, -0.2) is 0 Å². The van der Waals surface area contributed by atoms with Crippen molar-refractivity contribution in [1.29, 1.82) is 0 Å². The summed E-state index contributed by atoms with van der Waals surface area (Å²) in [5.74, 6) is 0. The number of hydrogen-bond donors (Lipinski definition) is 0. The predicted molar refractivity (Wildman–Crippen MR) is 53.5 cm³/mol. The second-order valence-corrected chi connectivity index (χ2v) is 3.26. The topological polar surface area (TPSA) is 40.5 Å². The molecule has 1 aromatic heterocycles. The van der Waals surface area contributed by atoms with Crippen molar-refractivity contribution in [1.82, 2.24) is 4.57 Å². The molecule has 0 fully saturated rings. The fourth-order valence-corrected chi connectivity index (χ4v) is 1.35. The molecule has 0 amide bonds. The molecular formula is C10H12F3NO3. The normalized spacial score (nSPS) is 12.1. The molecule has 0 saturated heterocycles. The Morgan fingerprint density at radius 3 is 2.35 bits per heavy atom. The Kier molecular flexibility index (Phi) is 4.30. The molecule has 0 unspecified atom stereocenters. The minimum atomic E-state index is -4.59. The second-order valence-electron chi connectivity index (χ2n) is 3.26. The Labute approximate surface area is 95.6 Å². The molecule has 4 nitrogen and oxygen atoms in total. The Hall–Kier alpha value is -1.34. The third-order valence-corrected chi connectivity index (χ3v) is 2.20. The summed E-state index contributed by atoms with van der Waals surface area (Å²) in [7, 11) is 2.57. The minimum absolute atomic E-state index is 0.318. The van der Waals surface area contributed by atoms with Crippen molar-refractivity contribution < 1.29 is 22.6 Å². The van der Waals surface area contributed by atoms with E-state index in [1.165, 1.54) is 14.2 Å². The average Bonchev–Trinajstić information content (AvgIpc) is 2.26. The van der Waals surface area contributed by atoms with Crippen LogP contribution < -0.4 is 5.56 Å². The molecule has 0 aliphatic rings. The number of alkyl halides is 3. The molecule has 7 heteroatoms. The lowest BCUT2D eigenvalue weighted by atomic mass is 10.3. The summed E-state index contributed by atoms with van der Waals surface area (Å²) in [6.07, 6.45) is -5.50. The van der Waals surface area contributed by atoms with Crippen molar-refractivity contribution in [2.24, 2.45) is 0 Å².